The van der Waals surface area contributed by atoms with Crippen LogP contribution in [0.25, 0.3) is 11.0 Å². The lowest BCUT2D eigenvalue weighted by atomic mass is 10.2. The van der Waals surface area contributed by atoms with Crippen molar-refractivity contribution in [1.82, 2.24) is 14.9 Å². The highest BCUT2D eigenvalue weighted by molar-refractivity contribution is 5.81. The Bertz CT molecular complexity index is 719. The number of imidazole rings is 1. The van der Waals surface area contributed by atoms with E-state index in [1.165, 1.54) is 0 Å². The first-order chi connectivity index (χ1) is 11.1. The zero-order valence-electron chi connectivity index (χ0n) is 12.8. The van der Waals surface area contributed by atoms with Gasteiger partial charge >= 0.3 is 0 Å². The van der Waals surface area contributed by atoms with Gasteiger partial charge in [0.05, 0.1) is 11.0 Å². The minimum atomic E-state index is -0.419. The monoisotopic (exact) mass is 316 g/mol. The number of aromatic nitrogens is 2. The van der Waals surface area contributed by atoms with Crippen molar-refractivity contribution in [2.24, 2.45) is 5.73 Å². The van der Waals surface area contributed by atoms with E-state index in [1.807, 2.05) is 24.3 Å². The minimum absolute atomic E-state index is 0.0789. The molecule has 7 nitrogen and oxygen atoms in total. The zero-order chi connectivity index (χ0) is 16.2. The molecule has 122 valence electrons. The molecule has 1 fully saturated rings. The molecule has 1 unspecified atom stereocenters. The Morgan fingerprint density at radius 2 is 2.22 bits per heavy atom. The third kappa shape index (κ3) is 3.50. The van der Waals surface area contributed by atoms with E-state index in [2.05, 4.69) is 10.3 Å². The average Bonchev–Trinajstić information content (AvgIpc) is 3.16. The van der Waals surface area contributed by atoms with Gasteiger partial charge in [-0.15, -0.1) is 0 Å². The van der Waals surface area contributed by atoms with Crippen LogP contribution in [0.5, 0.6) is 0 Å². The molecule has 1 aliphatic rings. The fourth-order valence-corrected chi connectivity index (χ4v) is 2.84. The number of primary amides is 1. The number of hydrogen-bond donors (Lipinski definition) is 2. The van der Waals surface area contributed by atoms with Crippen LogP contribution in [-0.2, 0) is 27.3 Å². The van der Waals surface area contributed by atoms with Gasteiger partial charge < -0.3 is 20.4 Å². The first-order valence-corrected chi connectivity index (χ1v) is 7.77. The van der Waals surface area contributed by atoms with Crippen molar-refractivity contribution in [2.45, 2.75) is 31.9 Å². The first kappa shape index (κ1) is 15.5. The molecule has 2 amide bonds. The highest BCUT2D eigenvalue weighted by Crippen LogP contribution is 2.16. The summed E-state index contributed by atoms with van der Waals surface area (Å²) in [6, 6.07) is 7.58. The summed E-state index contributed by atoms with van der Waals surface area (Å²) in [5.74, 6) is 0.232. The van der Waals surface area contributed by atoms with Crippen molar-refractivity contribution in [2.75, 3.05) is 13.2 Å². The van der Waals surface area contributed by atoms with Crippen LogP contribution in [0.4, 0.5) is 0 Å². The second kappa shape index (κ2) is 6.78. The maximum atomic E-state index is 11.9. The van der Waals surface area contributed by atoms with E-state index < -0.39 is 5.91 Å². The number of carbonyl (C=O) groups is 2. The summed E-state index contributed by atoms with van der Waals surface area (Å²) in [5, 5.41) is 2.86. The van der Waals surface area contributed by atoms with Crippen LogP contribution < -0.4 is 11.1 Å². The van der Waals surface area contributed by atoms with Crippen molar-refractivity contribution in [3.63, 3.8) is 0 Å². The van der Waals surface area contributed by atoms with E-state index in [0.29, 0.717) is 19.6 Å². The van der Waals surface area contributed by atoms with Gasteiger partial charge in [0.25, 0.3) is 0 Å². The number of rotatable bonds is 6. The Labute approximate surface area is 133 Å². The third-order valence-corrected chi connectivity index (χ3v) is 3.92. The smallest absolute Gasteiger partial charge is 0.249 e. The average molecular weight is 316 g/mol. The Kier molecular flexibility index (Phi) is 4.57. The molecular formula is C16H20N4O3. The summed E-state index contributed by atoms with van der Waals surface area (Å²) in [6.45, 7) is 1.17. The summed E-state index contributed by atoms with van der Waals surface area (Å²) in [5.41, 5.74) is 7.01. The van der Waals surface area contributed by atoms with Gasteiger partial charge in [-0.1, -0.05) is 12.1 Å². The van der Waals surface area contributed by atoms with Crippen LogP contribution in [0, 0.1) is 0 Å². The number of benzene rings is 1. The first-order valence-electron chi connectivity index (χ1n) is 7.77. The van der Waals surface area contributed by atoms with Gasteiger partial charge in [0.1, 0.15) is 18.5 Å². The van der Waals surface area contributed by atoms with Gasteiger partial charge in [0.15, 0.2) is 0 Å². The van der Waals surface area contributed by atoms with Crippen molar-refractivity contribution < 1.29 is 14.3 Å². The van der Waals surface area contributed by atoms with Gasteiger partial charge in [-0.25, -0.2) is 4.98 Å². The van der Waals surface area contributed by atoms with Crippen molar-refractivity contribution >= 4 is 22.8 Å². The summed E-state index contributed by atoms with van der Waals surface area (Å²) in [4.78, 5) is 27.8. The molecule has 7 heteroatoms. The quantitative estimate of drug-likeness (QED) is 0.803. The lowest BCUT2D eigenvalue weighted by Gasteiger charge is -2.11. The van der Waals surface area contributed by atoms with E-state index in [0.717, 1.165) is 29.7 Å². The van der Waals surface area contributed by atoms with Gasteiger partial charge in [-0.3, -0.25) is 9.59 Å². The molecule has 3 N–H and O–H groups in total. The largest absolute Gasteiger partial charge is 0.368 e. The molecule has 2 aromatic rings. The number of nitrogens with zero attached hydrogens (tertiary/aromatic N) is 2. The molecule has 23 heavy (non-hydrogen) atoms. The highest BCUT2D eigenvalue weighted by atomic mass is 16.5. The number of para-hydroxylation sites is 2. The molecule has 2 heterocycles. The molecule has 1 atom stereocenters. The predicted molar refractivity (Wildman–Crippen MR) is 84.6 cm³/mol. The highest BCUT2D eigenvalue weighted by Gasteiger charge is 2.23. The molecule has 1 aromatic carbocycles. The van der Waals surface area contributed by atoms with Gasteiger partial charge in [0.2, 0.25) is 11.8 Å². The lowest BCUT2D eigenvalue weighted by molar-refractivity contribution is -0.130. The predicted octanol–water partition coefficient (Wildman–Crippen LogP) is 0.359. The van der Waals surface area contributed by atoms with E-state index in [9.17, 15) is 9.59 Å². The van der Waals surface area contributed by atoms with Crippen LogP contribution in [0.15, 0.2) is 24.3 Å². The van der Waals surface area contributed by atoms with E-state index >= 15 is 0 Å². The summed E-state index contributed by atoms with van der Waals surface area (Å²) < 4.78 is 7.15. The van der Waals surface area contributed by atoms with Crippen LogP contribution in [0.1, 0.15) is 18.7 Å². The summed E-state index contributed by atoms with van der Waals surface area (Å²) >= 11 is 0. The van der Waals surface area contributed by atoms with Crippen LogP contribution >= 0.6 is 0 Å². The van der Waals surface area contributed by atoms with E-state index in [-0.39, 0.29) is 18.6 Å². The maximum Gasteiger partial charge on any atom is 0.249 e. The SMILES string of the molecule is NC(=O)Cn1c(CCNC(=O)C2CCCO2)nc2ccccc21. The van der Waals surface area contributed by atoms with Crippen molar-refractivity contribution in [3.8, 4) is 0 Å². The Morgan fingerprint density at radius 1 is 1.39 bits per heavy atom. The molecule has 0 saturated carbocycles. The molecule has 0 bridgehead atoms. The topological polar surface area (TPSA) is 99.2 Å². The minimum Gasteiger partial charge on any atom is -0.368 e. The molecule has 0 spiro atoms. The molecule has 0 aliphatic carbocycles. The molecule has 1 aromatic heterocycles. The van der Waals surface area contributed by atoms with Gasteiger partial charge in [-0.2, -0.15) is 0 Å². The normalized spacial score (nSPS) is 17.5. The second-order valence-corrected chi connectivity index (χ2v) is 5.61. The number of hydrogen-bond acceptors (Lipinski definition) is 4. The maximum absolute atomic E-state index is 11.9. The number of nitrogens with one attached hydrogen (secondary N) is 1. The number of fused-ring (bicyclic) bond motifs is 1. The van der Waals surface area contributed by atoms with Gasteiger partial charge in [-0.05, 0) is 25.0 Å². The van der Waals surface area contributed by atoms with Crippen molar-refractivity contribution in [3.05, 3.63) is 30.1 Å². The van der Waals surface area contributed by atoms with Gasteiger partial charge in [0, 0.05) is 19.6 Å². The summed E-state index contributed by atoms with van der Waals surface area (Å²) in [6.07, 6.45) is 1.89. The van der Waals surface area contributed by atoms with E-state index in [1.54, 1.807) is 4.57 Å². The summed E-state index contributed by atoms with van der Waals surface area (Å²) in [7, 11) is 0. The fourth-order valence-electron chi connectivity index (χ4n) is 2.84. The third-order valence-electron chi connectivity index (χ3n) is 3.92. The second-order valence-electron chi connectivity index (χ2n) is 5.61. The Balaban J connectivity index is 1.69. The van der Waals surface area contributed by atoms with Crippen molar-refractivity contribution in [1.29, 1.82) is 0 Å². The molecule has 1 aliphatic heterocycles. The standard InChI is InChI=1S/C16H20N4O3/c17-14(21)10-20-12-5-2-1-4-11(12)19-15(20)7-8-18-16(22)13-6-3-9-23-13/h1-2,4-5,13H,3,6-10H2,(H2,17,21)(H,18,22). The van der Waals surface area contributed by atoms with Crippen LogP contribution in [0.3, 0.4) is 0 Å². The molecular weight excluding hydrogens is 296 g/mol. The van der Waals surface area contributed by atoms with E-state index in [4.69, 9.17) is 10.5 Å². The Hall–Kier alpha value is -2.41. The molecule has 1 saturated heterocycles. The fraction of sp³-hybridized carbons (Fsp3) is 0.438. The molecule has 0 radical (unpaired) electrons. The molecule has 3 rings (SSSR count). The number of nitrogens with two attached hydrogens (primary N) is 1. The number of amides is 2. The number of ether oxygens (including phenoxy) is 1. The van der Waals surface area contributed by atoms with Crippen LogP contribution in [0.2, 0.25) is 0 Å². The zero-order valence-corrected chi connectivity index (χ0v) is 12.8. The van der Waals surface area contributed by atoms with Crippen LogP contribution in [-0.4, -0.2) is 40.6 Å². The Morgan fingerprint density at radius 3 is 2.96 bits per heavy atom. The number of carbonyl (C=O) groups excluding carboxylic acids is 2. The lowest BCUT2D eigenvalue weighted by Crippen LogP contribution is -2.35.